The first kappa shape index (κ1) is 33.0. The fraction of sp³-hybridized carbons (Fsp3) is 0.382. The standard InChI is InChI=1S/C34H34F4N8O2/c1-45-19-42-44-32(45)25-6-5-23(34(36,37)38)15-26(25)22-13-30(41-8-4-3-7-39)43-31(14-22)46-18-28-27(33(46)47)11-21(12-29(28)35)17-40-16-20-9-24(10-20)48-2/h5-6,11-15,19-20,24,40H,3-4,8-10,16-18H2,1-2H3,(H,41,43). The van der Waals surface area contributed by atoms with Crippen molar-refractivity contribution in [1.82, 2.24) is 25.1 Å². The molecule has 0 atom stereocenters. The van der Waals surface area contributed by atoms with Crippen molar-refractivity contribution in [2.24, 2.45) is 13.0 Å². The number of aryl methyl sites for hydroxylation is 1. The van der Waals surface area contributed by atoms with Gasteiger partial charge in [0.25, 0.3) is 5.91 Å². The van der Waals surface area contributed by atoms with Gasteiger partial charge < -0.3 is 19.9 Å². The van der Waals surface area contributed by atoms with E-state index in [4.69, 9.17) is 10.00 Å². The summed E-state index contributed by atoms with van der Waals surface area (Å²) in [6, 6.07) is 11.6. The molecular formula is C34H34F4N8O2. The molecule has 0 radical (unpaired) electrons. The van der Waals surface area contributed by atoms with Gasteiger partial charge in [-0.25, -0.2) is 9.37 Å². The van der Waals surface area contributed by atoms with Gasteiger partial charge in [0.2, 0.25) is 0 Å². The molecule has 2 N–H and O–H groups in total. The number of carbonyl (C=O) groups is 1. The highest BCUT2D eigenvalue weighted by atomic mass is 19.4. The number of nitrogens with zero attached hydrogens (tertiary/aromatic N) is 6. The Balaban J connectivity index is 1.34. The molecule has 1 aliphatic carbocycles. The van der Waals surface area contributed by atoms with Gasteiger partial charge in [0, 0.05) is 50.4 Å². The van der Waals surface area contributed by atoms with E-state index in [1.807, 2.05) is 0 Å². The van der Waals surface area contributed by atoms with Gasteiger partial charge in [0.1, 0.15) is 23.8 Å². The van der Waals surface area contributed by atoms with E-state index in [1.165, 1.54) is 29.4 Å². The number of pyridine rings is 1. The number of benzene rings is 2. The molecule has 6 rings (SSSR count). The summed E-state index contributed by atoms with van der Waals surface area (Å²) in [4.78, 5) is 19.7. The molecule has 0 saturated heterocycles. The number of amides is 1. The van der Waals surface area contributed by atoms with Crippen molar-refractivity contribution in [1.29, 1.82) is 5.26 Å². The molecule has 0 spiro atoms. The third-order valence-corrected chi connectivity index (χ3v) is 8.81. The summed E-state index contributed by atoms with van der Waals surface area (Å²) in [5, 5.41) is 23.4. The molecule has 1 amide bonds. The van der Waals surface area contributed by atoms with Crippen LogP contribution >= 0.6 is 0 Å². The number of halogens is 4. The first-order chi connectivity index (χ1) is 23.0. The molecule has 0 unspecified atom stereocenters. The second-order valence-corrected chi connectivity index (χ2v) is 12.1. The Hall–Kier alpha value is -4.87. The molecule has 10 nitrogen and oxygen atoms in total. The molecule has 250 valence electrons. The van der Waals surface area contributed by atoms with E-state index in [2.05, 4.69) is 31.9 Å². The summed E-state index contributed by atoms with van der Waals surface area (Å²) >= 11 is 0. The summed E-state index contributed by atoms with van der Waals surface area (Å²) in [5.41, 5.74) is 1.10. The number of hydrogen-bond donors (Lipinski definition) is 2. The van der Waals surface area contributed by atoms with Crippen LogP contribution in [0.2, 0.25) is 0 Å². The number of rotatable bonds is 12. The Kier molecular flexibility index (Phi) is 9.43. The van der Waals surface area contributed by atoms with Crippen LogP contribution in [0.4, 0.5) is 29.2 Å². The van der Waals surface area contributed by atoms with Crippen molar-refractivity contribution in [2.45, 2.75) is 51.1 Å². The van der Waals surface area contributed by atoms with E-state index in [9.17, 15) is 18.0 Å². The molecule has 3 heterocycles. The number of methoxy groups -OCH3 is 1. The van der Waals surface area contributed by atoms with Crippen molar-refractivity contribution in [3.8, 4) is 28.6 Å². The molecule has 1 fully saturated rings. The Bertz CT molecular complexity index is 1860. The van der Waals surface area contributed by atoms with E-state index < -0.39 is 23.5 Å². The predicted molar refractivity (Wildman–Crippen MR) is 170 cm³/mol. The van der Waals surface area contributed by atoms with Crippen LogP contribution in [0.1, 0.15) is 52.7 Å². The largest absolute Gasteiger partial charge is 0.416 e. The van der Waals surface area contributed by atoms with Crippen LogP contribution in [-0.2, 0) is 31.1 Å². The number of carbonyl (C=O) groups excluding carboxylic acids is 1. The third-order valence-electron chi connectivity index (χ3n) is 8.81. The average Bonchev–Trinajstić information content (AvgIpc) is 3.62. The van der Waals surface area contributed by atoms with Gasteiger partial charge in [-0.1, -0.05) is 0 Å². The molecule has 4 aromatic rings. The van der Waals surface area contributed by atoms with Gasteiger partial charge in [0.05, 0.1) is 24.3 Å². The van der Waals surface area contributed by atoms with Crippen molar-refractivity contribution in [3.63, 3.8) is 0 Å². The Morgan fingerprint density at radius 3 is 2.62 bits per heavy atom. The van der Waals surface area contributed by atoms with E-state index in [0.29, 0.717) is 47.9 Å². The normalized spacial score (nSPS) is 17.3. The SMILES string of the molecule is COC1CC(CNCc2cc(F)c3c(c2)C(=O)N(c2cc(-c4cc(C(F)(F)F)ccc4-c4nncn4C)cc(NCCCC#N)n2)C3)C1. The minimum Gasteiger partial charge on any atom is -0.381 e. The second kappa shape index (κ2) is 13.7. The Morgan fingerprint density at radius 2 is 1.92 bits per heavy atom. The Labute approximate surface area is 274 Å². The maximum absolute atomic E-state index is 15.4. The van der Waals surface area contributed by atoms with Gasteiger partial charge in [-0.2, -0.15) is 18.4 Å². The summed E-state index contributed by atoms with van der Waals surface area (Å²) in [6.45, 7) is 1.40. The van der Waals surface area contributed by atoms with E-state index in [0.717, 1.165) is 31.5 Å². The van der Waals surface area contributed by atoms with Crippen LogP contribution in [-0.4, -0.2) is 52.0 Å². The van der Waals surface area contributed by atoms with Crippen LogP contribution in [0.5, 0.6) is 0 Å². The summed E-state index contributed by atoms with van der Waals surface area (Å²) in [5.74, 6) is 0.252. The van der Waals surface area contributed by atoms with Gasteiger partial charge in [-0.05, 0) is 90.9 Å². The molecule has 2 aromatic heterocycles. The number of unbranched alkanes of at least 4 members (excludes halogenated alkanes) is 1. The number of hydrogen-bond acceptors (Lipinski definition) is 8. The monoisotopic (exact) mass is 662 g/mol. The van der Waals surface area contributed by atoms with Crippen LogP contribution in [0, 0.1) is 23.1 Å². The van der Waals surface area contributed by atoms with E-state index in [-0.39, 0.29) is 47.4 Å². The van der Waals surface area contributed by atoms with Gasteiger partial charge >= 0.3 is 6.18 Å². The topological polar surface area (TPSA) is 121 Å². The highest BCUT2D eigenvalue weighted by Gasteiger charge is 2.35. The van der Waals surface area contributed by atoms with Crippen LogP contribution < -0.4 is 15.5 Å². The quantitative estimate of drug-likeness (QED) is 0.138. The lowest BCUT2D eigenvalue weighted by Crippen LogP contribution is -2.37. The van der Waals surface area contributed by atoms with Gasteiger partial charge in [-0.15, -0.1) is 10.2 Å². The van der Waals surface area contributed by atoms with E-state index >= 15 is 4.39 Å². The summed E-state index contributed by atoms with van der Waals surface area (Å²) < 4.78 is 64.2. The number of anilines is 2. The smallest absolute Gasteiger partial charge is 0.381 e. The third kappa shape index (κ3) is 6.88. The number of nitriles is 1. The minimum absolute atomic E-state index is 0.1000. The number of aromatic nitrogens is 4. The van der Waals surface area contributed by atoms with Gasteiger partial charge in [-0.3, -0.25) is 9.69 Å². The highest BCUT2D eigenvalue weighted by molar-refractivity contribution is 6.10. The average molecular weight is 663 g/mol. The lowest BCUT2D eigenvalue weighted by molar-refractivity contribution is -0.137. The zero-order chi connectivity index (χ0) is 34.0. The van der Waals surface area contributed by atoms with Crippen molar-refractivity contribution < 1.29 is 27.1 Å². The van der Waals surface area contributed by atoms with Crippen LogP contribution in [0.15, 0.2) is 48.8 Å². The molecule has 48 heavy (non-hydrogen) atoms. The number of alkyl halides is 3. The lowest BCUT2D eigenvalue weighted by Gasteiger charge is -2.34. The lowest BCUT2D eigenvalue weighted by atomic mass is 9.82. The molecule has 1 saturated carbocycles. The number of ether oxygens (including phenoxy) is 1. The van der Waals surface area contributed by atoms with Crippen LogP contribution in [0.25, 0.3) is 22.5 Å². The zero-order valence-electron chi connectivity index (χ0n) is 26.4. The maximum atomic E-state index is 15.4. The van der Waals surface area contributed by atoms with Gasteiger partial charge in [0.15, 0.2) is 5.82 Å². The predicted octanol–water partition coefficient (Wildman–Crippen LogP) is 6.09. The van der Waals surface area contributed by atoms with Crippen LogP contribution in [0.3, 0.4) is 0 Å². The fourth-order valence-corrected chi connectivity index (χ4v) is 6.13. The van der Waals surface area contributed by atoms with Crippen molar-refractivity contribution in [3.05, 3.63) is 76.9 Å². The fourth-order valence-electron chi connectivity index (χ4n) is 6.13. The molecule has 14 heteroatoms. The number of nitrogens with one attached hydrogen (secondary N) is 2. The molecule has 1 aliphatic heterocycles. The molecule has 2 aromatic carbocycles. The Morgan fingerprint density at radius 1 is 1.10 bits per heavy atom. The summed E-state index contributed by atoms with van der Waals surface area (Å²) in [6.07, 6.45) is -0.176. The minimum atomic E-state index is -4.62. The highest BCUT2D eigenvalue weighted by Crippen LogP contribution is 2.40. The van der Waals surface area contributed by atoms with Crippen molar-refractivity contribution in [2.75, 3.05) is 30.4 Å². The molecule has 2 aliphatic rings. The molecule has 0 bridgehead atoms. The maximum Gasteiger partial charge on any atom is 0.416 e. The second-order valence-electron chi connectivity index (χ2n) is 12.1. The summed E-state index contributed by atoms with van der Waals surface area (Å²) in [7, 11) is 3.38. The first-order valence-electron chi connectivity index (χ1n) is 15.6. The zero-order valence-corrected chi connectivity index (χ0v) is 26.4. The number of fused-ring (bicyclic) bond motifs is 1. The van der Waals surface area contributed by atoms with E-state index in [1.54, 1.807) is 30.9 Å². The molecular weight excluding hydrogens is 628 g/mol. The van der Waals surface area contributed by atoms with Crippen molar-refractivity contribution >= 4 is 17.5 Å². The first-order valence-corrected chi connectivity index (χ1v) is 15.6.